The maximum absolute atomic E-state index is 13.7. The summed E-state index contributed by atoms with van der Waals surface area (Å²) in [6.45, 7) is 7.95. The van der Waals surface area contributed by atoms with Crippen molar-refractivity contribution in [2.75, 3.05) is 11.9 Å². The highest BCUT2D eigenvalue weighted by atomic mass is 16.6. The summed E-state index contributed by atoms with van der Waals surface area (Å²) in [5.74, 6) is -1.14. The molecule has 0 aliphatic heterocycles. The number of rotatable bonds is 12. The first-order valence-corrected chi connectivity index (χ1v) is 17.3. The van der Waals surface area contributed by atoms with E-state index in [2.05, 4.69) is 36.6 Å². The largest absolute Gasteiger partial charge is 0.478 e. The minimum absolute atomic E-state index is 0.184. The molecule has 0 radical (unpaired) electrons. The molecule has 0 spiro atoms. The Labute approximate surface area is 297 Å². The lowest BCUT2D eigenvalue weighted by Crippen LogP contribution is -2.48. The number of benzene rings is 3. The molecular formula is C38H45N7O6. The van der Waals surface area contributed by atoms with Gasteiger partial charge in [-0.3, -0.25) is 9.59 Å². The number of aromatic carboxylic acids is 1. The minimum Gasteiger partial charge on any atom is -0.478 e. The molecule has 1 aromatic heterocycles. The number of anilines is 1. The van der Waals surface area contributed by atoms with E-state index in [1.165, 1.54) is 0 Å². The highest BCUT2D eigenvalue weighted by Gasteiger charge is 2.30. The third-order valence-corrected chi connectivity index (χ3v) is 8.98. The highest BCUT2D eigenvalue weighted by molar-refractivity contribution is 5.98. The highest BCUT2D eigenvalue weighted by Crippen LogP contribution is 2.30. The Bertz CT molecular complexity index is 1810. The van der Waals surface area contributed by atoms with Crippen molar-refractivity contribution in [2.45, 2.75) is 77.9 Å². The van der Waals surface area contributed by atoms with E-state index >= 15 is 0 Å². The van der Waals surface area contributed by atoms with Crippen LogP contribution >= 0.6 is 0 Å². The number of H-pyrrole nitrogens is 1. The summed E-state index contributed by atoms with van der Waals surface area (Å²) >= 11 is 0. The Hall–Kier alpha value is -5.59. The number of hydrogen-bond donors (Lipinski definition) is 5. The minimum atomic E-state index is -0.990. The van der Waals surface area contributed by atoms with Crippen LogP contribution in [-0.2, 0) is 27.2 Å². The van der Waals surface area contributed by atoms with Gasteiger partial charge >= 0.3 is 12.1 Å². The number of ether oxygens (including phenoxy) is 1. The van der Waals surface area contributed by atoms with Gasteiger partial charge in [-0.1, -0.05) is 37.3 Å². The topological polar surface area (TPSA) is 188 Å². The lowest BCUT2D eigenvalue weighted by Gasteiger charge is -2.29. The molecule has 1 saturated carbocycles. The first-order chi connectivity index (χ1) is 24.4. The molecule has 51 heavy (non-hydrogen) atoms. The van der Waals surface area contributed by atoms with Gasteiger partial charge in [0.15, 0.2) is 0 Å². The van der Waals surface area contributed by atoms with Crippen LogP contribution in [0.3, 0.4) is 0 Å². The summed E-state index contributed by atoms with van der Waals surface area (Å²) in [6.07, 6.45) is 3.34. The van der Waals surface area contributed by atoms with E-state index in [-0.39, 0.29) is 35.6 Å². The standard InChI is InChI=1S/C38H45N7O6/c1-5-25-14-15-29(36(48)49)21-31(25)26-10-6-23(7-11-26)20-32(35(47)40-30-18-16-27(17-19-30)33-42-44-45-43-33)41-34(46)28-12-8-24(9-13-28)22-39-37(50)51-38(2,3)4/h6-7,10-11,14-19,21,24,28,32H,5,8-9,12-13,20,22H2,1-4H3,(H,39,50)(H,40,47)(H,41,46)(H,48,49)(H,42,43,44,45). The molecule has 1 aliphatic carbocycles. The van der Waals surface area contributed by atoms with Crippen molar-refractivity contribution in [3.63, 3.8) is 0 Å². The van der Waals surface area contributed by atoms with Gasteiger partial charge in [-0.15, -0.1) is 10.2 Å². The summed E-state index contributed by atoms with van der Waals surface area (Å²) < 4.78 is 5.34. The molecular weight excluding hydrogens is 650 g/mol. The molecule has 0 saturated heterocycles. The van der Waals surface area contributed by atoms with Gasteiger partial charge in [0.2, 0.25) is 17.6 Å². The predicted molar refractivity (Wildman–Crippen MR) is 192 cm³/mol. The predicted octanol–water partition coefficient (Wildman–Crippen LogP) is 5.79. The molecule has 4 aromatic rings. The van der Waals surface area contributed by atoms with Crippen molar-refractivity contribution in [1.29, 1.82) is 0 Å². The van der Waals surface area contributed by atoms with Crippen LogP contribution in [0.15, 0.2) is 66.7 Å². The zero-order valence-electron chi connectivity index (χ0n) is 29.4. The molecule has 13 heteroatoms. The van der Waals surface area contributed by atoms with Gasteiger partial charge in [-0.25, -0.2) is 9.59 Å². The van der Waals surface area contributed by atoms with Gasteiger partial charge in [0.25, 0.3) is 0 Å². The van der Waals surface area contributed by atoms with Crippen LogP contribution in [0, 0.1) is 11.8 Å². The van der Waals surface area contributed by atoms with Crippen molar-refractivity contribution < 1.29 is 29.0 Å². The normalized spacial score (nSPS) is 16.5. The maximum atomic E-state index is 13.7. The van der Waals surface area contributed by atoms with Gasteiger partial charge in [-0.05, 0) is 123 Å². The second-order valence-electron chi connectivity index (χ2n) is 13.9. The summed E-state index contributed by atoms with van der Waals surface area (Å²) in [7, 11) is 0. The van der Waals surface area contributed by atoms with Crippen LogP contribution in [0.25, 0.3) is 22.5 Å². The SMILES string of the molecule is CCc1ccc(C(=O)O)cc1-c1ccc(CC(NC(=O)C2CCC(CNC(=O)OC(C)(C)C)CC2)C(=O)Nc2ccc(-c3nn[nH]n3)cc2)cc1. The molecule has 3 amide bonds. The fraction of sp³-hybridized carbons (Fsp3) is 0.395. The van der Waals surface area contributed by atoms with E-state index in [1.807, 2.05) is 58.0 Å². The Kier molecular flexibility index (Phi) is 11.8. The number of hydrogen-bond acceptors (Lipinski definition) is 8. The van der Waals surface area contributed by atoms with E-state index in [0.717, 1.165) is 47.1 Å². The monoisotopic (exact) mass is 695 g/mol. The number of carbonyl (C=O) groups excluding carboxylic acids is 3. The average molecular weight is 696 g/mol. The van der Waals surface area contributed by atoms with Crippen molar-refractivity contribution >= 4 is 29.6 Å². The second kappa shape index (κ2) is 16.4. The van der Waals surface area contributed by atoms with Crippen LogP contribution in [0.4, 0.5) is 10.5 Å². The number of amides is 3. The first kappa shape index (κ1) is 36.7. The van der Waals surface area contributed by atoms with Gasteiger partial charge in [0.1, 0.15) is 11.6 Å². The summed E-state index contributed by atoms with van der Waals surface area (Å²) in [6, 6.07) is 18.9. The lowest BCUT2D eigenvalue weighted by molar-refractivity contribution is -0.130. The van der Waals surface area contributed by atoms with Crippen LogP contribution in [0.5, 0.6) is 0 Å². The molecule has 5 rings (SSSR count). The molecule has 1 fully saturated rings. The van der Waals surface area contributed by atoms with E-state index < -0.39 is 23.7 Å². The van der Waals surface area contributed by atoms with E-state index in [9.17, 15) is 24.3 Å². The number of carbonyl (C=O) groups is 4. The summed E-state index contributed by atoms with van der Waals surface area (Å²) in [5, 5.41) is 32.3. The number of nitrogens with zero attached hydrogens (tertiary/aromatic N) is 3. The summed E-state index contributed by atoms with van der Waals surface area (Å²) in [5.41, 5.74) is 4.47. The van der Waals surface area contributed by atoms with Gasteiger partial charge in [-0.2, -0.15) is 5.21 Å². The molecule has 1 atom stereocenters. The Morgan fingerprint density at radius 1 is 0.941 bits per heavy atom. The third kappa shape index (κ3) is 10.2. The third-order valence-electron chi connectivity index (χ3n) is 8.98. The summed E-state index contributed by atoms with van der Waals surface area (Å²) in [4.78, 5) is 51.1. The average Bonchev–Trinajstić information content (AvgIpc) is 3.65. The van der Waals surface area contributed by atoms with Crippen molar-refractivity contribution in [3.8, 4) is 22.5 Å². The molecule has 13 nitrogen and oxygen atoms in total. The van der Waals surface area contributed by atoms with E-state index in [1.54, 1.807) is 36.4 Å². The second-order valence-corrected chi connectivity index (χ2v) is 13.9. The zero-order chi connectivity index (χ0) is 36.5. The number of aromatic nitrogens is 4. The molecule has 1 aliphatic rings. The molecule has 1 unspecified atom stereocenters. The number of aromatic amines is 1. The molecule has 5 N–H and O–H groups in total. The van der Waals surface area contributed by atoms with Crippen LogP contribution in [0.1, 0.15) is 74.9 Å². The fourth-order valence-corrected chi connectivity index (χ4v) is 6.23. The van der Waals surface area contributed by atoms with Crippen LogP contribution in [-0.4, -0.2) is 67.8 Å². The van der Waals surface area contributed by atoms with Crippen molar-refractivity contribution in [1.82, 2.24) is 31.3 Å². The fourth-order valence-electron chi connectivity index (χ4n) is 6.23. The number of alkyl carbamates (subject to hydrolysis) is 1. The van der Waals surface area contributed by atoms with Gasteiger partial charge in [0.05, 0.1) is 5.56 Å². The van der Waals surface area contributed by atoms with Gasteiger partial charge < -0.3 is 25.8 Å². The number of nitrogens with one attached hydrogen (secondary N) is 4. The van der Waals surface area contributed by atoms with Crippen LogP contribution in [0.2, 0.25) is 0 Å². The lowest BCUT2D eigenvalue weighted by atomic mass is 9.81. The maximum Gasteiger partial charge on any atom is 0.407 e. The Morgan fingerprint density at radius 2 is 1.63 bits per heavy atom. The molecule has 3 aromatic carbocycles. The Morgan fingerprint density at radius 3 is 2.24 bits per heavy atom. The van der Waals surface area contributed by atoms with Crippen molar-refractivity contribution in [3.05, 3.63) is 83.4 Å². The first-order valence-electron chi connectivity index (χ1n) is 17.3. The quantitative estimate of drug-likeness (QED) is 0.122. The molecule has 1 heterocycles. The number of tetrazole rings is 1. The van der Waals surface area contributed by atoms with Crippen molar-refractivity contribution in [2.24, 2.45) is 11.8 Å². The molecule has 0 bridgehead atoms. The van der Waals surface area contributed by atoms with Gasteiger partial charge in [0, 0.05) is 30.1 Å². The smallest absolute Gasteiger partial charge is 0.407 e. The number of carboxylic acid groups (broad SMARTS) is 1. The number of carboxylic acids is 1. The Balaban J connectivity index is 1.27. The zero-order valence-corrected chi connectivity index (χ0v) is 29.4. The van der Waals surface area contributed by atoms with E-state index in [4.69, 9.17) is 4.74 Å². The van der Waals surface area contributed by atoms with E-state index in [0.29, 0.717) is 30.9 Å². The molecule has 268 valence electrons. The van der Waals surface area contributed by atoms with Crippen LogP contribution < -0.4 is 16.0 Å². The number of aryl methyl sites for hydroxylation is 1.